The Balaban J connectivity index is 1.38. The molecule has 1 saturated heterocycles. The number of anilines is 1. The fourth-order valence-corrected chi connectivity index (χ4v) is 3.83. The third kappa shape index (κ3) is 3.83. The van der Waals surface area contributed by atoms with Crippen LogP contribution >= 0.6 is 11.6 Å². The molecule has 34 heavy (non-hydrogen) atoms. The summed E-state index contributed by atoms with van der Waals surface area (Å²) in [5.41, 5.74) is 1.62. The third-order valence-electron chi connectivity index (χ3n) is 5.66. The molecule has 4 heterocycles. The van der Waals surface area contributed by atoms with Crippen LogP contribution in [0.2, 0.25) is 5.02 Å². The molecule has 174 valence electrons. The van der Waals surface area contributed by atoms with Crippen LogP contribution < -0.4 is 5.32 Å². The number of halogens is 2. The highest BCUT2D eigenvalue weighted by molar-refractivity contribution is 6.30. The monoisotopic (exact) mass is 484 g/mol. The number of pyridine rings is 1. The number of aromatic nitrogens is 4. The Bertz CT molecular complexity index is 1430. The number of rotatable bonds is 4. The first kappa shape index (κ1) is 21.8. The number of imidazole rings is 1. The molecule has 0 unspecified atom stereocenters. The van der Waals surface area contributed by atoms with E-state index < -0.39 is 17.8 Å². The minimum atomic E-state index is -0.537. The second-order valence-electron chi connectivity index (χ2n) is 7.83. The second kappa shape index (κ2) is 8.41. The number of nitrogens with one attached hydrogen (secondary N) is 1. The van der Waals surface area contributed by atoms with Crippen molar-refractivity contribution >= 4 is 34.9 Å². The maximum Gasteiger partial charge on any atom is 0.409 e. The number of ether oxygens (including phenoxy) is 1. The average molecular weight is 485 g/mol. The summed E-state index contributed by atoms with van der Waals surface area (Å²) in [6.45, 7) is 2.34. The zero-order valence-corrected chi connectivity index (χ0v) is 18.8. The molecule has 0 bridgehead atoms. The van der Waals surface area contributed by atoms with Gasteiger partial charge in [-0.25, -0.2) is 14.2 Å². The number of likely N-dealkylation sites (tertiary alicyclic amines) is 1. The third-order valence-corrected chi connectivity index (χ3v) is 5.90. The van der Waals surface area contributed by atoms with Gasteiger partial charge in [0.2, 0.25) is 11.7 Å². The zero-order chi connectivity index (χ0) is 24.0. The van der Waals surface area contributed by atoms with Gasteiger partial charge < -0.3 is 19.5 Å². The SMILES string of the molecule is COC(=O)N1CC(c2nc(-c3cc(F)c(C)c(NC(=O)c4cnc5cc(Cl)ccn45)c3)no2)C1. The molecule has 0 radical (unpaired) electrons. The van der Waals surface area contributed by atoms with E-state index in [1.54, 1.807) is 35.7 Å². The fraction of sp³-hybridized carbons (Fsp3) is 0.227. The minimum absolute atomic E-state index is 0.126. The molecule has 4 aromatic rings. The van der Waals surface area contributed by atoms with Gasteiger partial charge in [0.1, 0.15) is 17.2 Å². The van der Waals surface area contributed by atoms with E-state index in [4.69, 9.17) is 16.1 Å². The van der Waals surface area contributed by atoms with Crippen molar-refractivity contribution < 1.29 is 23.2 Å². The molecule has 2 amide bonds. The van der Waals surface area contributed by atoms with Gasteiger partial charge in [0, 0.05) is 47.2 Å². The number of methoxy groups -OCH3 is 1. The molecule has 1 aliphatic heterocycles. The summed E-state index contributed by atoms with van der Waals surface area (Å²) < 4.78 is 26.3. The van der Waals surface area contributed by atoms with Gasteiger partial charge in [-0.2, -0.15) is 4.98 Å². The van der Waals surface area contributed by atoms with E-state index >= 15 is 0 Å². The lowest BCUT2D eigenvalue weighted by Gasteiger charge is -2.35. The first-order valence-electron chi connectivity index (χ1n) is 10.2. The summed E-state index contributed by atoms with van der Waals surface area (Å²) in [6, 6.07) is 6.12. The summed E-state index contributed by atoms with van der Waals surface area (Å²) >= 11 is 5.97. The van der Waals surface area contributed by atoms with Gasteiger partial charge in [0.15, 0.2) is 0 Å². The van der Waals surface area contributed by atoms with Crippen molar-refractivity contribution in [2.75, 3.05) is 25.5 Å². The highest BCUT2D eigenvalue weighted by Gasteiger charge is 2.36. The van der Waals surface area contributed by atoms with Crippen molar-refractivity contribution in [3.8, 4) is 11.4 Å². The molecule has 1 fully saturated rings. The molecular formula is C22H18ClFN6O4. The van der Waals surface area contributed by atoms with Gasteiger partial charge in [-0.3, -0.25) is 9.20 Å². The van der Waals surface area contributed by atoms with Crippen LogP contribution in [-0.4, -0.2) is 56.6 Å². The molecule has 5 rings (SSSR count). The molecule has 0 saturated carbocycles. The van der Waals surface area contributed by atoms with Crippen LogP contribution in [-0.2, 0) is 4.74 Å². The van der Waals surface area contributed by atoms with Crippen LogP contribution in [0.15, 0.2) is 41.2 Å². The fourth-order valence-electron chi connectivity index (χ4n) is 3.68. The van der Waals surface area contributed by atoms with Crippen molar-refractivity contribution in [3.63, 3.8) is 0 Å². The molecule has 0 aliphatic carbocycles. The van der Waals surface area contributed by atoms with Crippen molar-refractivity contribution in [3.05, 3.63) is 64.6 Å². The molecule has 12 heteroatoms. The van der Waals surface area contributed by atoms with Gasteiger partial charge >= 0.3 is 6.09 Å². The summed E-state index contributed by atoms with van der Waals surface area (Å²) in [4.78, 5) is 34.5. The smallest absolute Gasteiger partial charge is 0.409 e. The van der Waals surface area contributed by atoms with Crippen molar-refractivity contribution in [2.45, 2.75) is 12.8 Å². The van der Waals surface area contributed by atoms with E-state index in [1.165, 1.54) is 24.3 Å². The highest BCUT2D eigenvalue weighted by Crippen LogP contribution is 2.30. The van der Waals surface area contributed by atoms with Crippen LogP contribution in [0.25, 0.3) is 17.0 Å². The number of nitrogens with zero attached hydrogens (tertiary/aromatic N) is 5. The molecule has 1 N–H and O–H groups in total. The van der Waals surface area contributed by atoms with Gasteiger partial charge in [-0.1, -0.05) is 16.8 Å². The zero-order valence-electron chi connectivity index (χ0n) is 18.1. The van der Waals surface area contributed by atoms with Crippen LogP contribution in [0, 0.1) is 12.7 Å². The maximum atomic E-state index is 14.7. The van der Waals surface area contributed by atoms with Crippen LogP contribution in [0.4, 0.5) is 14.9 Å². The van der Waals surface area contributed by atoms with E-state index in [9.17, 15) is 14.0 Å². The minimum Gasteiger partial charge on any atom is -0.453 e. The van der Waals surface area contributed by atoms with E-state index in [0.29, 0.717) is 35.2 Å². The highest BCUT2D eigenvalue weighted by atomic mass is 35.5. The number of hydrogen-bond donors (Lipinski definition) is 1. The van der Waals surface area contributed by atoms with Crippen LogP contribution in [0.3, 0.4) is 0 Å². The van der Waals surface area contributed by atoms with Gasteiger partial charge in [0.05, 0.1) is 19.2 Å². The number of benzene rings is 1. The van der Waals surface area contributed by atoms with Crippen molar-refractivity contribution in [1.29, 1.82) is 0 Å². The quantitative estimate of drug-likeness (QED) is 0.467. The van der Waals surface area contributed by atoms with Gasteiger partial charge in [-0.05, 0) is 25.1 Å². The Labute approximate surface area is 197 Å². The Morgan fingerprint density at radius 2 is 2.09 bits per heavy atom. The first-order valence-corrected chi connectivity index (χ1v) is 10.6. The molecule has 0 atom stereocenters. The summed E-state index contributed by atoms with van der Waals surface area (Å²) in [5.74, 6) is -0.625. The summed E-state index contributed by atoms with van der Waals surface area (Å²) in [6.07, 6.45) is 2.62. The molecule has 0 spiro atoms. The molecule has 1 aromatic carbocycles. The standard InChI is InChI=1S/C22H18ClFN6O4/c1-11-15(24)5-12(19-27-21(34-28-19)13-9-29(10-13)22(32)33-2)6-16(11)26-20(31)17-8-25-18-7-14(23)3-4-30(17)18/h3-8,13H,9-10H2,1-2H3,(H,26,31). The number of hydrogen-bond acceptors (Lipinski definition) is 7. The van der Waals surface area contributed by atoms with Crippen molar-refractivity contribution in [1.82, 2.24) is 24.4 Å². The lowest BCUT2D eigenvalue weighted by atomic mass is 10.0. The molecule has 10 nitrogen and oxygen atoms in total. The number of carbonyl (C=O) groups is 2. The second-order valence-corrected chi connectivity index (χ2v) is 8.27. The van der Waals surface area contributed by atoms with Crippen LogP contribution in [0.5, 0.6) is 0 Å². The Kier molecular flexibility index (Phi) is 5.40. The van der Waals surface area contributed by atoms with Crippen LogP contribution in [0.1, 0.15) is 27.9 Å². The molecular weight excluding hydrogens is 467 g/mol. The topological polar surface area (TPSA) is 115 Å². The predicted octanol–water partition coefficient (Wildman–Crippen LogP) is 3.90. The number of fused-ring (bicyclic) bond motifs is 1. The Morgan fingerprint density at radius 1 is 1.29 bits per heavy atom. The van der Waals surface area contributed by atoms with E-state index in [1.807, 2.05) is 0 Å². The molecule has 3 aromatic heterocycles. The average Bonchev–Trinajstić information content (AvgIpc) is 3.42. The van der Waals surface area contributed by atoms with Gasteiger partial charge in [-0.15, -0.1) is 0 Å². The Morgan fingerprint density at radius 3 is 2.85 bits per heavy atom. The van der Waals surface area contributed by atoms with E-state index in [2.05, 4.69) is 25.2 Å². The lowest BCUT2D eigenvalue weighted by molar-refractivity contribution is 0.0804. The summed E-state index contributed by atoms with van der Waals surface area (Å²) in [5, 5.41) is 7.17. The predicted molar refractivity (Wildman–Crippen MR) is 119 cm³/mol. The lowest BCUT2D eigenvalue weighted by Crippen LogP contribution is -2.48. The summed E-state index contributed by atoms with van der Waals surface area (Å²) in [7, 11) is 1.31. The van der Waals surface area contributed by atoms with E-state index in [0.717, 1.165) is 0 Å². The normalized spacial score (nSPS) is 13.7. The van der Waals surface area contributed by atoms with E-state index in [-0.39, 0.29) is 28.7 Å². The maximum absolute atomic E-state index is 14.7. The molecule has 1 aliphatic rings. The number of carbonyl (C=O) groups excluding carboxylic acids is 2. The Hall–Kier alpha value is -3.99. The first-order chi connectivity index (χ1) is 16.3. The largest absolute Gasteiger partial charge is 0.453 e. The van der Waals surface area contributed by atoms with Crippen molar-refractivity contribution in [2.24, 2.45) is 0 Å². The van der Waals surface area contributed by atoms with Gasteiger partial charge in [0.25, 0.3) is 5.91 Å². The number of amides is 2.